The van der Waals surface area contributed by atoms with Crippen molar-refractivity contribution in [2.75, 3.05) is 19.6 Å². The van der Waals surface area contributed by atoms with E-state index in [0.29, 0.717) is 31.8 Å². The van der Waals surface area contributed by atoms with E-state index in [1.165, 1.54) is 0 Å². The number of carbonyl (C=O) groups excluding carboxylic acids is 2. The fourth-order valence-electron chi connectivity index (χ4n) is 4.35. The molecule has 2 amide bonds. The standard InChI is InChI=1S/C21H22N4O3/c1-14-17-5-2-3-6-18(17)28-20(14)21(27)24-11-15-8-9-22-25(15)16(13-24)12-23-10-4-7-19(23)26/h2-3,5-6,8-9,16H,4,7,10-13H2,1H3. The Morgan fingerprint density at radius 3 is 2.93 bits per heavy atom. The smallest absolute Gasteiger partial charge is 0.290 e. The molecule has 3 aromatic rings. The van der Waals surface area contributed by atoms with Crippen LogP contribution >= 0.6 is 0 Å². The van der Waals surface area contributed by atoms with Crippen molar-refractivity contribution < 1.29 is 14.0 Å². The lowest BCUT2D eigenvalue weighted by Gasteiger charge is -2.35. The molecule has 1 fully saturated rings. The van der Waals surface area contributed by atoms with Crippen molar-refractivity contribution in [3.8, 4) is 0 Å². The minimum absolute atomic E-state index is 0.0468. The van der Waals surface area contributed by atoms with Gasteiger partial charge in [0.1, 0.15) is 5.58 Å². The van der Waals surface area contributed by atoms with Crippen molar-refractivity contribution in [1.82, 2.24) is 19.6 Å². The fraction of sp³-hybridized carbons (Fsp3) is 0.381. The van der Waals surface area contributed by atoms with Crippen LogP contribution in [0.3, 0.4) is 0 Å². The van der Waals surface area contributed by atoms with Crippen molar-refractivity contribution in [2.45, 2.75) is 32.4 Å². The third kappa shape index (κ3) is 2.69. The van der Waals surface area contributed by atoms with Gasteiger partial charge in [0.05, 0.1) is 18.3 Å². The Morgan fingerprint density at radius 2 is 2.14 bits per heavy atom. The van der Waals surface area contributed by atoms with Crippen molar-refractivity contribution in [3.05, 3.63) is 53.5 Å². The van der Waals surface area contributed by atoms with Gasteiger partial charge in [0.15, 0.2) is 5.76 Å². The zero-order valence-corrected chi connectivity index (χ0v) is 15.8. The molecule has 7 nitrogen and oxygen atoms in total. The van der Waals surface area contributed by atoms with E-state index < -0.39 is 0 Å². The number of benzene rings is 1. The number of hydrogen-bond acceptors (Lipinski definition) is 4. The monoisotopic (exact) mass is 378 g/mol. The van der Waals surface area contributed by atoms with Gasteiger partial charge in [-0.1, -0.05) is 18.2 Å². The number of aromatic nitrogens is 2. The Morgan fingerprint density at radius 1 is 1.29 bits per heavy atom. The number of likely N-dealkylation sites (tertiary alicyclic amines) is 1. The van der Waals surface area contributed by atoms with Gasteiger partial charge in [-0.15, -0.1) is 0 Å². The van der Waals surface area contributed by atoms with Crippen molar-refractivity contribution in [1.29, 1.82) is 0 Å². The number of rotatable bonds is 3. The molecular formula is C21H22N4O3. The molecule has 1 saturated heterocycles. The van der Waals surface area contributed by atoms with Crippen LogP contribution in [0.2, 0.25) is 0 Å². The summed E-state index contributed by atoms with van der Waals surface area (Å²) in [5.41, 5.74) is 2.57. The molecule has 4 heterocycles. The van der Waals surface area contributed by atoms with Gasteiger partial charge in [0.2, 0.25) is 5.91 Å². The van der Waals surface area contributed by atoms with E-state index in [2.05, 4.69) is 5.10 Å². The van der Waals surface area contributed by atoms with Crippen LogP contribution < -0.4 is 0 Å². The molecule has 0 bridgehead atoms. The van der Waals surface area contributed by atoms with Gasteiger partial charge in [-0.2, -0.15) is 5.10 Å². The lowest BCUT2D eigenvalue weighted by atomic mass is 10.1. The summed E-state index contributed by atoms with van der Waals surface area (Å²) in [6.07, 6.45) is 3.27. The lowest BCUT2D eigenvalue weighted by Crippen LogP contribution is -2.45. The number of amides is 2. The molecule has 144 valence electrons. The molecule has 0 radical (unpaired) electrons. The molecule has 2 aliphatic rings. The molecule has 1 unspecified atom stereocenters. The molecule has 0 spiro atoms. The SMILES string of the molecule is Cc1c(C(=O)N2Cc3ccnn3C(CN3CCCC3=O)C2)oc2ccccc12. The van der Waals surface area contributed by atoms with Gasteiger partial charge in [-0.25, -0.2) is 0 Å². The lowest BCUT2D eigenvalue weighted by molar-refractivity contribution is -0.128. The average Bonchev–Trinajstić information content (AvgIpc) is 3.41. The highest BCUT2D eigenvalue weighted by Crippen LogP contribution is 2.29. The zero-order chi connectivity index (χ0) is 19.3. The van der Waals surface area contributed by atoms with Crippen LogP contribution in [-0.4, -0.2) is 51.0 Å². The van der Waals surface area contributed by atoms with Gasteiger partial charge in [-0.05, 0) is 25.5 Å². The number of para-hydroxylation sites is 1. The van der Waals surface area contributed by atoms with Crippen LogP contribution in [0.1, 0.15) is 40.7 Å². The number of furan rings is 1. The number of nitrogens with zero attached hydrogens (tertiary/aromatic N) is 4. The molecular weight excluding hydrogens is 356 g/mol. The molecule has 7 heteroatoms. The van der Waals surface area contributed by atoms with E-state index in [4.69, 9.17) is 4.42 Å². The van der Waals surface area contributed by atoms with Gasteiger partial charge >= 0.3 is 0 Å². The summed E-state index contributed by atoms with van der Waals surface area (Å²) < 4.78 is 7.85. The van der Waals surface area contributed by atoms with Crippen molar-refractivity contribution >= 4 is 22.8 Å². The summed E-state index contributed by atoms with van der Waals surface area (Å²) in [4.78, 5) is 29.1. The van der Waals surface area contributed by atoms with Crippen LogP contribution in [-0.2, 0) is 11.3 Å². The molecule has 2 aliphatic heterocycles. The maximum atomic E-state index is 13.3. The Balaban J connectivity index is 1.44. The second-order valence-corrected chi connectivity index (χ2v) is 7.60. The summed E-state index contributed by atoms with van der Waals surface area (Å²) in [6.45, 7) is 4.28. The van der Waals surface area contributed by atoms with E-state index >= 15 is 0 Å². The first-order chi connectivity index (χ1) is 13.6. The summed E-state index contributed by atoms with van der Waals surface area (Å²) in [6, 6.07) is 9.59. The first-order valence-electron chi connectivity index (χ1n) is 9.69. The largest absolute Gasteiger partial charge is 0.451 e. The van der Waals surface area contributed by atoms with E-state index in [0.717, 1.165) is 35.2 Å². The van der Waals surface area contributed by atoms with Gasteiger partial charge in [0.25, 0.3) is 5.91 Å². The van der Waals surface area contributed by atoms with Crippen molar-refractivity contribution in [3.63, 3.8) is 0 Å². The van der Waals surface area contributed by atoms with E-state index in [1.54, 1.807) is 6.20 Å². The summed E-state index contributed by atoms with van der Waals surface area (Å²) >= 11 is 0. The van der Waals surface area contributed by atoms with Crippen LogP contribution in [0.15, 0.2) is 40.9 Å². The van der Waals surface area contributed by atoms with Crippen LogP contribution in [0.4, 0.5) is 0 Å². The highest BCUT2D eigenvalue weighted by atomic mass is 16.3. The third-order valence-corrected chi connectivity index (χ3v) is 5.81. The summed E-state index contributed by atoms with van der Waals surface area (Å²) in [5.74, 6) is 0.467. The second-order valence-electron chi connectivity index (χ2n) is 7.60. The Hall–Kier alpha value is -3.09. The number of aryl methyl sites for hydroxylation is 1. The minimum atomic E-state index is -0.112. The molecule has 5 rings (SSSR count). The average molecular weight is 378 g/mol. The van der Waals surface area contributed by atoms with Crippen LogP contribution in [0.25, 0.3) is 11.0 Å². The van der Waals surface area contributed by atoms with E-state index in [9.17, 15) is 9.59 Å². The second kappa shape index (κ2) is 6.51. The molecule has 0 saturated carbocycles. The number of carbonyl (C=O) groups is 2. The molecule has 28 heavy (non-hydrogen) atoms. The Kier molecular flexibility index (Phi) is 3.96. The van der Waals surface area contributed by atoms with Crippen LogP contribution in [0.5, 0.6) is 0 Å². The number of hydrogen-bond donors (Lipinski definition) is 0. The van der Waals surface area contributed by atoms with Gasteiger partial charge in [-0.3, -0.25) is 14.3 Å². The molecule has 1 atom stereocenters. The molecule has 0 N–H and O–H groups in total. The van der Waals surface area contributed by atoms with Crippen LogP contribution in [0, 0.1) is 6.92 Å². The first-order valence-corrected chi connectivity index (χ1v) is 9.69. The van der Waals surface area contributed by atoms with Crippen molar-refractivity contribution in [2.24, 2.45) is 0 Å². The maximum Gasteiger partial charge on any atom is 0.290 e. The van der Waals surface area contributed by atoms with Gasteiger partial charge in [0, 0.05) is 43.2 Å². The topological polar surface area (TPSA) is 71.6 Å². The molecule has 1 aromatic carbocycles. The number of fused-ring (bicyclic) bond motifs is 2. The first kappa shape index (κ1) is 17.0. The maximum absolute atomic E-state index is 13.3. The molecule has 0 aliphatic carbocycles. The highest BCUT2D eigenvalue weighted by molar-refractivity contribution is 5.99. The predicted molar refractivity (Wildman–Crippen MR) is 103 cm³/mol. The van der Waals surface area contributed by atoms with E-state index in [1.807, 2.05) is 51.7 Å². The third-order valence-electron chi connectivity index (χ3n) is 5.81. The van der Waals surface area contributed by atoms with E-state index in [-0.39, 0.29) is 17.9 Å². The Labute approximate surface area is 162 Å². The Bertz CT molecular complexity index is 1070. The predicted octanol–water partition coefficient (Wildman–Crippen LogP) is 2.76. The summed E-state index contributed by atoms with van der Waals surface area (Å²) in [5, 5.41) is 5.41. The zero-order valence-electron chi connectivity index (χ0n) is 15.8. The normalized spacial score (nSPS) is 19.5. The minimum Gasteiger partial charge on any atom is -0.451 e. The fourth-order valence-corrected chi connectivity index (χ4v) is 4.35. The quantitative estimate of drug-likeness (QED) is 0.703. The van der Waals surface area contributed by atoms with Gasteiger partial charge < -0.3 is 14.2 Å². The summed E-state index contributed by atoms with van der Waals surface area (Å²) in [7, 11) is 0. The highest BCUT2D eigenvalue weighted by Gasteiger charge is 2.34. The molecule has 2 aromatic heterocycles.